The van der Waals surface area contributed by atoms with Crippen LogP contribution >= 0.6 is 24.0 Å². The Kier molecular flexibility index (Phi) is 6.20. The number of esters is 1. The first-order valence-corrected chi connectivity index (χ1v) is 9.92. The molecule has 0 aromatic carbocycles. The lowest BCUT2D eigenvalue weighted by atomic mass is 10.0. The van der Waals surface area contributed by atoms with Crippen molar-refractivity contribution in [2.75, 3.05) is 25.4 Å². The molecule has 0 saturated carbocycles. The zero-order valence-electron chi connectivity index (χ0n) is 14.4. The van der Waals surface area contributed by atoms with Gasteiger partial charge in [0.25, 0.3) is 0 Å². The van der Waals surface area contributed by atoms with Gasteiger partial charge in [-0.05, 0) is 31.9 Å². The number of hydrogen-bond acceptors (Lipinski definition) is 6. The monoisotopic (exact) mass is 395 g/mol. The molecule has 0 spiro atoms. The van der Waals surface area contributed by atoms with Gasteiger partial charge in [0.2, 0.25) is 0 Å². The molecular weight excluding hydrogens is 374 g/mol. The Bertz CT molecular complexity index is 712. The average Bonchev–Trinajstić information content (AvgIpc) is 3.32. The van der Waals surface area contributed by atoms with Crippen molar-refractivity contribution in [1.82, 2.24) is 15.5 Å². The summed E-state index contributed by atoms with van der Waals surface area (Å²) in [6.07, 6.45) is 3.78. The zero-order valence-corrected chi connectivity index (χ0v) is 16.1. The number of urea groups is 1. The summed E-state index contributed by atoms with van der Waals surface area (Å²) in [4.78, 5) is 26.8. The van der Waals surface area contributed by atoms with E-state index in [0.717, 1.165) is 30.3 Å². The third-order valence-electron chi connectivity index (χ3n) is 4.18. The molecule has 0 aliphatic carbocycles. The summed E-state index contributed by atoms with van der Waals surface area (Å²) in [6, 6.07) is 2.36. The first-order valence-electron chi connectivity index (χ1n) is 8.53. The van der Waals surface area contributed by atoms with Crippen LogP contribution in [-0.2, 0) is 9.53 Å². The summed E-state index contributed by atoms with van der Waals surface area (Å²) in [5.74, 6) is 0.380. The number of likely N-dealkylation sites (tertiary alicyclic amines) is 1. The second-order valence-electron chi connectivity index (χ2n) is 5.91. The van der Waals surface area contributed by atoms with Gasteiger partial charge in [-0.3, -0.25) is 0 Å². The molecule has 3 rings (SSSR count). The fourth-order valence-corrected chi connectivity index (χ4v) is 4.20. The van der Waals surface area contributed by atoms with Crippen LogP contribution in [0.5, 0.6) is 0 Å². The van der Waals surface area contributed by atoms with Crippen molar-refractivity contribution in [2.24, 2.45) is 0 Å². The molecule has 3 heterocycles. The lowest BCUT2D eigenvalue weighted by molar-refractivity contribution is -0.139. The maximum Gasteiger partial charge on any atom is 0.338 e. The standard InChI is InChI=1S/C17H21N3O4S2/c1-2-23-15(21)13-11(10-26-17(25)20-7-3-4-8-20)18-16(22)19-14(13)12-6-5-9-24-12/h5-6,9,14H,2-4,7-8,10H2,1H3,(H2,18,19,22). The van der Waals surface area contributed by atoms with Gasteiger partial charge >= 0.3 is 12.0 Å². The largest absolute Gasteiger partial charge is 0.467 e. The van der Waals surface area contributed by atoms with E-state index in [1.54, 1.807) is 19.1 Å². The number of rotatable bonds is 5. The smallest absolute Gasteiger partial charge is 0.338 e. The highest BCUT2D eigenvalue weighted by Gasteiger charge is 2.35. The van der Waals surface area contributed by atoms with Crippen LogP contribution in [0.1, 0.15) is 31.6 Å². The van der Waals surface area contributed by atoms with Crippen molar-refractivity contribution in [3.63, 3.8) is 0 Å². The lowest BCUT2D eigenvalue weighted by Crippen LogP contribution is -2.46. The molecule has 0 radical (unpaired) electrons. The number of amides is 2. The molecule has 9 heteroatoms. The summed E-state index contributed by atoms with van der Waals surface area (Å²) in [5.41, 5.74) is 0.846. The summed E-state index contributed by atoms with van der Waals surface area (Å²) in [7, 11) is 0. The number of carbonyl (C=O) groups excluding carboxylic acids is 2. The fraction of sp³-hybridized carbons (Fsp3) is 0.471. The number of carbonyl (C=O) groups is 2. The first-order chi connectivity index (χ1) is 12.6. The highest BCUT2D eigenvalue weighted by Crippen LogP contribution is 2.30. The van der Waals surface area contributed by atoms with Crippen LogP contribution in [-0.4, -0.2) is 46.7 Å². The van der Waals surface area contributed by atoms with E-state index < -0.39 is 12.0 Å². The summed E-state index contributed by atoms with van der Waals surface area (Å²) < 4.78 is 11.4. The Hall–Kier alpha value is -2.00. The van der Waals surface area contributed by atoms with Crippen molar-refractivity contribution in [3.8, 4) is 0 Å². The van der Waals surface area contributed by atoms with Crippen molar-refractivity contribution in [2.45, 2.75) is 25.8 Å². The van der Waals surface area contributed by atoms with Crippen LogP contribution in [0, 0.1) is 0 Å². The molecule has 1 atom stereocenters. The number of furan rings is 1. The average molecular weight is 396 g/mol. The Balaban J connectivity index is 1.84. The maximum absolute atomic E-state index is 12.6. The van der Waals surface area contributed by atoms with Gasteiger partial charge in [0.05, 0.1) is 18.4 Å². The quantitative estimate of drug-likeness (QED) is 0.585. The number of nitrogens with one attached hydrogen (secondary N) is 2. The second kappa shape index (κ2) is 8.59. The highest BCUT2D eigenvalue weighted by atomic mass is 32.2. The summed E-state index contributed by atoms with van der Waals surface area (Å²) in [6.45, 7) is 3.90. The van der Waals surface area contributed by atoms with E-state index >= 15 is 0 Å². The van der Waals surface area contributed by atoms with E-state index in [4.69, 9.17) is 21.4 Å². The van der Waals surface area contributed by atoms with Crippen LogP contribution in [0.25, 0.3) is 0 Å². The van der Waals surface area contributed by atoms with Crippen molar-refractivity contribution >= 4 is 40.3 Å². The minimum absolute atomic E-state index is 0.244. The first kappa shape index (κ1) is 18.8. The zero-order chi connectivity index (χ0) is 18.5. The van der Waals surface area contributed by atoms with Crippen LogP contribution < -0.4 is 10.6 Å². The fourth-order valence-electron chi connectivity index (χ4n) is 2.98. The van der Waals surface area contributed by atoms with Gasteiger partial charge in [-0.15, -0.1) is 0 Å². The lowest BCUT2D eigenvalue weighted by Gasteiger charge is -2.28. The molecule has 2 aliphatic heterocycles. The predicted octanol–water partition coefficient (Wildman–Crippen LogP) is 2.56. The topological polar surface area (TPSA) is 83.8 Å². The second-order valence-corrected chi connectivity index (χ2v) is 7.52. The van der Waals surface area contributed by atoms with E-state index in [0.29, 0.717) is 22.8 Å². The number of nitrogens with zero attached hydrogens (tertiary/aromatic N) is 1. The normalized spacial score (nSPS) is 20.0. The molecule has 2 aliphatic rings. The van der Waals surface area contributed by atoms with Crippen LogP contribution in [0.4, 0.5) is 4.79 Å². The Morgan fingerprint density at radius 1 is 1.46 bits per heavy atom. The van der Waals surface area contributed by atoms with Gasteiger partial charge in [0.15, 0.2) is 0 Å². The van der Waals surface area contributed by atoms with Crippen LogP contribution in [0.3, 0.4) is 0 Å². The van der Waals surface area contributed by atoms with E-state index in [9.17, 15) is 9.59 Å². The number of ether oxygens (including phenoxy) is 1. The van der Waals surface area contributed by atoms with Gasteiger partial charge in [0.1, 0.15) is 16.1 Å². The van der Waals surface area contributed by atoms with Crippen LogP contribution in [0.15, 0.2) is 34.1 Å². The molecule has 0 bridgehead atoms. The van der Waals surface area contributed by atoms with Gasteiger partial charge in [-0.1, -0.05) is 24.0 Å². The van der Waals surface area contributed by atoms with Crippen molar-refractivity contribution in [1.29, 1.82) is 0 Å². The van der Waals surface area contributed by atoms with Crippen LogP contribution in [0.2, 0.25) is 0 Å². The van der Waals surface area contributed by atoms with E-state index in [1.165, 1.54) is 18.0 Å². The molecule has 7 nitrogen and oxygen atoms in total. The van der Waals surface area contributed by atoms with Gasteiger partial charge < -0.3 is 24.7 Å². The van der Waals surface area contributed by atoms with E-state index in [-0.39, 0.29) is 12.6 Å². The molecule has 1 unspecified atom stereocenters. The van der Waals surface area contributed by atoms with Gasteiger partial charge in [-0.2, -0.15) is 0 Å². The van der Waals surface area contributed by atoms with Gasteiger partial charge in [0, 0.05) is 24.5 Å². The third-order valence-corrected chi connectivity index (χ3v) is 5.73. The van der Waals surface area contributed by atoms with Crippen molar-refractivity contribution < 1.29 is 18.7 Å². The molecule has 26 heavy (non-hydrogen) atoms. The molecule has 1 aromatic heterocycles. The minimum Gasteiger partial charge on any atom is -0.467 e. The summed E-state index contributed by atoms with van der Waals surface area (Å²) in [5, 5.41) is 5.46. The van der Waals surface area contributed by atoms with Gasteiger partial charge in [-0.25, -0.2) is 9.59 Å². The predicted molar refractivity (Wildman–Crippen MR) is 103 cm³/mol. The molecule has 1 fully saturated rings. The van der Waals surface area contributed by atoms with E-state index in [1.807, 2.05) is 0 Å². The summed E-state index contributed by atoms with van der Waals surface area (Å²) >= 11 is 6.92. The molecule has 2 N–H and O–H groups in total. The Morgan fingerprint density at radius 3 is 2.88 bits per heavy atom. The third kappa shape index (κ3) is 4.21. The number of thioether (sulfide) groups is 1. The SMILES string of the molecule is CCOC(=O)C1=C(CSC(=S)N2CCCC2)NC(=O)NC1c1ccco1. The molecular formula is C17H21N3O4S2. The minimum atomic E-state index is -0.686. The Labute approximate surface area is 161 Å². The molecule has 140 valence electrons. The molecule has 2 amide bonds. The highest BCUT2D eigenvalue weighted by molar-refractivity contribution is 8.23. The maximum atomic E-state index is 12.6. The number of hydrogen-bond donors (Lipinski definition) is 2. The van der Waals surface area contributed by atoms with Crippen molar-refractivity contribution in [3.05, 3.63) is 35.4 Å². The molecule has 1 aromatic rings. The van der Waals surface area contributed by atoms with E-state index in [2.05, 4.69) is 15.5 Å². The number of thiocarbonyl (C=S) groups is 1. The molecule has 1 saturated heterocycles. The Morgan fingerprint density at radius 2 is 2.23 bits per heavy atom.